The number of nitro benzene ring substituents is 1. The fourth-order valence-electron chi connectivity index (χ4n) is 1.83. The topological polar surface area (TPSA) is 86.2 Å². The number of nitro groups is 1. The Kier molecular flexibility index (Phi) is 4.14. The Labute approximate surface area is 119 Å². The first-order chi connectivity index (χ1) is 9.47. The van der Waals surface area contributed by atoms with Crippen LogP contribution in [-0.4, -0.2) is 9.13 Å². The number of anilines is 1. The lowest BCUT2D eigenvalue weighted by atomic mass is 10.2. The molecule has 0 bridgehead atoms. The van der Waals surface area contributed by atoms with E-state index in [0.717, 1.165) is 5.56 Å². The van der Waals surface area contributed by atoms with Gasteiger partial charge in [0.15, 0.2) is 0 Å². The number of nitrogen functional groups attached to an aromatic ring is 1. The minimum Gasteiger partial charge on any atom is -0.398 e. The number of hydrogen-bond donors (Lipinski definition) is 1. The molecule has 2 aromatic carbocycles. The van der Waals surface area contributed by atoms with Crippen molar-refractivity contribution in [3.8, 4) is 0 Å². The molecule has 2 N–H and O–H groups in total. The van der Waals surface area contributed by atoms with Crippen LogP contribution in [-0.2, 0) is 16.6 Å². The van der Waals surface area contributed by atoms with Crippen molar-refractivity contribution in [1.29, 1.82) is 0 Å². The van der Waals surface area contributed by atoms with E-state index in [1.54, 1.807) is 24.3 Å². The zero-order valence-corrected chi connectivity index (χ0v) is 11.7. The average Bonchev–Trinajstić information content (AvgIpc) is 2.41. The first kappa shape index (κ1) is 14.2. The number of hydrogen-bond acceptors (Lipinski definition) is 4. The fourth-order valence-corrected chi connectivity index (χ4v) is 3.11. The predicted octanol–water partition coefficient (Wildman–Crippen LogP) is 2.79. The van der Waals surface area contributed by atoms with Gasteiger partial charge in [-0.2, -0.15) is 0 Å². The Hall–Kier alpha value is -2.21. The number of non-ortho nitro benzene ring substituents is 1. The summed E-state index contributed by atoms with van der Waals surface area (Å²) < 4.78 is 12.3. The quantitative estimate of drug-likeness (QED) is 0.533. The summed E-state index contributed by atoms with van der Waals surface area (Å²) in [5.41, 5.74) is 7.91. The first-order valence-corrected chi connectivity index (χ1v) is 7.27. The highest BCUT2D eigenvalue weighted by atomic mass is 32.2. The number of nitrogens with zero attached hydrogens (tertiary/aromatic N) is 1. The molecule has 104 valence electrons. The van der Waals surface area contributed by atoms with Crippen LogP contribution in [0.15, 0.2) is 47.4 Å². The lowest BCUT2D eigenvalue weighted by molar-refractivity contribution is -0.384. The maximum atomic E-state index is 12.3. The van der Waals surface area contributed by atoms with Gasteiger partial charge in [0, 0.05) is 17.8 Å². The lowest BCUT2D eigenvalue weighted by Crippen LogP contribution is -2.02. The third-order valence-corrected chi connectivity index (χ3v) is 4.27. The maximum absolute atomic E-state index is 12.3. The molecule has 0 saturated carbocycles. The number of rotatable bonds is 4. The second-order valence-electron chi connectivity index (χ2n) is 4.46. The van der Waals surface area contributed by atoms with Gasteiger partial charge in [-0.1, -0.05) is 18.2 Å². The largest absolute Gasteiger partial charge is 0.398 e. The van der Waals surface area contributed by atoms with Gasteiger partial charge in [0.05, 0.1) is 26.4 Å². The molecule has 2 aromatic rings. The summed E-state index contributed by atoms with van der Waals surface area (Å²) in [5.74, 6) is 0.204. The van der Waals surface area contributed by atoms with Crippen molar-refractivity contribution in [2.75, 3.05) is 5.73 Å². The van der Waals surface area contributed by atoms with Crippen LogP contribution in [0.2, 0.25) is 0 Å². The molecule has 6 heteroatoms. The molecule has 2 rings (SSSR count). The Morgan fingerprint density at radius 1 is 1.25 bits per heavy atom. The van der Waals surface area contributed by atoms with Crippen molar-refractivity contribution in [3.05, 3.63) is 63.7 Å². The number of benzene rings is 2. The first-order valence-electron chi connectivity index (χ1n) is 5.95. The van der Waals surface area contributed by atoms with E-state index in [-0.39, 0.29) is 11.4 Å². The summed E-state index contributed by atoms with van der Waals surface area (Å²) >= 11 is 0. The zero-order valence-electron chi connectivity index (χ0n) is 10.9. The molecule has 1 unspecified atom stereocenters. The van der Waals surface area contributed by atoms with E-state index in [2.05, 4.69) is 0 Å². The van der Waals surface area contributed by atoms with Crippen LogP contribution in [0.1, 0.15) is 11.1 Å². The Morgan fingerprint density at radius 2 is 2.00 bits per heavy atom. The third-order valence-electron chi connectivity index (χ3n) is 2.83. The standard InChI is InChI=1S/C14H14N2O3S/c1-10-5-6-13(15)14(7-10)20(19)9-11-3-2-4-12(8-11)16(17)18/h2-8H,9,15H2,1H3. The Morgan fingerprint density at radius 3 is 2.70 bits per heavy atom. The van der Waals surface area contributed by atoms with E-state index in [1.165, 1.54) is 12.1 Å². The summed E-state index contributed by atoms with van der Waals surface area (Å²) in [7, 11) is -1.33. The van der Waals surface area contributed by atoms with E-state index in [4.69, 9.17) is 5.73 Å². The van der Waals surface area contributed by atoms with Crippen molar-refractivity contribution in [2.45, 2.75) is 17.6 Å². The van der Waals surface area contributed by atoms with E-state index < -0.39 is 15.7 Å². The van der Waals surface area contributed by atoms with E-state index >= 15 is 0 Å². The van der Waals surface area contributed by atoms with Crippen LogP contribution in [0, 0.1) is 17.0 Å². The molecule has 0 aromatic heterocycles. The SMILES string of the molecule is Cc1ccc(N)c(S(=O)Cc2cccc([N+](=O)[O-])c2)c1. The maximum Gasteiger partial charge on any atom is 0.269 e. The van der Waals surface area contributed by atoms with Gasteiger partial charge in [-0.3, -0.25) is 14.3 Å². The fraction of sp³-hybridized carbons (Fsp3) is 0.143. The molecule has 0 spiro atoms. The summed E-state index contributed by atoms with van der Waals surface area (Å²) in [6.45, 7) is 1.90. The summed E-state index contributed by atoms with van der Waals surface area (Å²) in [4.78, 5) is 10.8. The van der Waals surface area contributed by atoms with Gasteiger partial charge < -0.3 is 5.73 Å². The van der Waals surface area contributed by atoms with Gasteiger partial charge in [-0.05, 0) is 30.2 Å². The van der Waals surface area contributed by atoms with E-state index in [0.29, 0.717) is 16.1 Å². The lowest BCUT2D eigenvalue weighted by Gasteiger charge is -2.07. The van der Waals surface area contributed by atoms with Crippen LogP contribution < -0.4 is 5.73 Å². The van der Waals surface area contributed by atoms with Crippen molar-refractivity contribution in [2.24, 2.45) is 0 Å². The molecule has 20 heavy (non-hydrogen) atoms. The summed E-state index contributed by atoms with van der Waals surface area (Å²) in [6.07, 6.45) is 0. The third kappa shape index (κ3) is 3.21. The van der Waals surface area contributed by atoms with Crippen LogP contribution in [0.3, 0.4) is 0 Å². The highest BCUT2D eigenvalue weighted by Crippen LogP contribution is 2.22. The Bertz CT molecular complexity index is 686. The number of aryl methyl sites for hydroxylation is 1. The molecular formula is C14H14N2O3S. The smallest absolute Gasteiger partial charge is 0.269 e. The second kappa shape index (κ2) is 5.83. The van der Waals surface area contributed by atoms with E-state index in [9.17, 15) is 14.3 Å². The summed E-state index contributed by atoms with van der Waals surface area (Å²) in [5, 5.41) is 10.7. The van der Waals surface area contributed by atoms with Gasteiger partial charge in [0.25, 0.3) is 5.69 Å². The van der Waals surface area contributed by atoms with Crippen molar-refractivity contribution in [1.82, 2.24) is 0 Å². The normalized spacial score (nSPS) is 12.1. The molecule has 0 aliphatic carbocycles. The minimum absolute atomic E-state index is 0.00304. The molecule has 0 aliphatic heterocycles. The van der Waals surface area contributed by atoms with Crippen LogP contribution in [0.5, 0.6) is 0 Å². The highest BCUT2D eigenvalue weighted by molar-refractivity contribution is 7.84. The minimum atomic E-state index is -1.33. The monoisotopic (exact) mass is 290 g/mol. The van der Waals surface area contributed by atoms with Gasteiger partial charge in [0.1, 0.15) is 0 Å². The predicted molar refractivity (Wildman–Crippen MR) is 78.8 cm³/mol. The van der Waals surface area contributed by atoms with Gasteiger partial charge in [-0.25, -0.2) is 0 Å². The zero-order chi connectivity index (χ0) is 14.7. The molecule has 0 heterocycles. The van der Waals surface area contributed by atoms with Gasteiger partial charge in [0.2, 0.25) is 0 Å². The molecule has 0 saturated heterocycles. The Balaban J connectivity index is 2.25. The van der Waals surface area contributed by atoms with Crippen LogP contribution in [0.25, 0.3) is 0 Å². The van der Waals surface area contributed by atoms with Gasteiger partial charge in [-0.15, -0.1) is 0 Å². The van der Waals surface area contributed by atoms with Crippen molar-refractivity contribution in [3.63, 3.8) is 0 Å². The van der Waals surface area contributed by atoms with Crippen LogP contribution >= 0.6 is 0 Å². The summed E-state index contributed by atoms with van der Waals surface area (Å²) in [6, 6.07) is 11.5. The molecule has 1 atom stereocenters. The number of nitrogens with two attached hydrogens (primary N) is 1. The molecule has 0 amide bonds. The van der Waals surface area contributed by atoms with E-state index in [1.807, 2.05) is 13.0 Å². The highest BCUT2D eigenvalue weighted by Gasteiger charge is 2.12. The van der Waals surface area contributed by atoms with Crippen LogP contribution in [0.4, 0.5) is 11.4 Å². The van der Waals surface area contributed by atoms with Gasteiger partial charge >= 0.3 is 0 Å². The molecule has 0 aliphatic rings. The molecule has 0 radical (unpaired) electrons. The molecule has 0 fully saturated rings. The van der Waals surface area contributed by atoms with Crippen molar-refractivity contribution < 1.29 is 9.13 Å². The molecular weight excluding hydrogens is 276 g/mol. The average molecular weight is 290 g/mol. The molecule has 5 nitrogen and oxygen atoms in total. The van der Waals surface area contributed by atoms with Crippen molar-refractivity contribution >= 4 is 22.2 Å². The second-order valence-corrected chi connectivity index (χ2v) is 5.88.